The molecule has 0 aliphatic heterocycles. The molecule has 1 aromatic rings. The number of amides is 1. The third kappa shape index (κ3) is 2.81. The quantitative estimate of drug-likeness (QED) is 0.368. The summed E-state index contributed by atoms with van der Waals surface area (Å²) in [5.41, 5.74) is 5.50. The van der Waals surface area contributed by atoms with Gasteiger partial charge in [0.05, 0.1) is 12.5 Å². The van der Waals surface area contributed by atoms with Gasteiger partial charge in [0.15, 0.2) is 5.84 Å². The second-order valence-electron chi connectivity index (χ2n) is 4.52. The molecule has 1 amide bonds. The summed E-state index contributed by atoms with van der Waals surface area (Å²) in [4.78, 5) is 15.3. The van der Waals surface area contributed by atoms with Crippen LogP contribution in [-0.4, -0.2) is 27.9 Å². The molecule has 98 valence electrons. The van der Waals surface area contributed by atoms with Crippen LogP contribution in [0.5, 0.6) is 0 Å². The van der Waals surface area contributed by atoms with Crippen molar-refractivity contribution in [3.8, 4) is 0 Å². The van der Waals surface area contributed by atoms with Crippen LogP contribution in [-0.2, 0) is 11.3 Å². The van der Waals surface area contributed by atoms with E-state index in [1.54, 1.807) is 18.3 Å². The summed E-state index contributed by atoms with van der Waals surface area (Å²) >= 11 is 1.63. The van der Waals surface area contributed by atoms with Crippen molar-refractivity contribution < 1.29 is 10.0 Å². The maximum atomic E-state index is 12.3. The zero-order valence-corrected chi connectivity index (χ0v) is 11.1. The number of carbonyl (C=O) groups is 1. The topological polar surface area (TPSA) is 78.9 Å². The van der Waals surface area contributed by atoms with Crippen molar-refractivity contribution in [1.82, 2.24) is 4.90 Å². The summed E-state index contributed by atoms with van der Waals surface area (Å²) < 4.78 is 0. The van der Waals surface area contributed by atoms with Crippen molar-refractivity contribution in [2.24, 2.45) is 16.8 Å². The highest BCUT2D eigenvalue weighted by Crippen LogP contribution is 2.30. The van der Waals surface area contributed by atoms with Crippen LogP contribution >= 0.6 is 11.3 Å². The average molecular weight is 267 g/mol. The summed E-state index contributed by atoms with van der Waals surface area (Å²) in [6.07, 6.45) is 2.08. The minimum atomic E-state index is -0.574. The molecule has 6 heteroatoms. The highest BCUT2D eigenvalue weighted by molar-refractivity contribution is 7.09. The summed E-state index contributed by atoms with van der Waals surface area (Å²) in [5, 5.41) is 13.6. The first kappa shape index (κ1) is 12.9. The normalized spacial score (nSPS) is 17.5. The predicted molar refractivity (Wildman–Crippen MR) is 70.5 cm³/mol. The number of hydrogen-bond donors (Lipinski definition) is 2. The van der Waals surface area contributed by atoms with Gasteiger partial charge in [0.1, 0.15) is 0 Å². The van der Waals surface area contributed by atoms with Gasteiger partial charge in [-0.1, -0.05) is 11.2 Å². The van der Waals surface area contributed by atoms with Gasteiger partial charge in [-0.15, -0.1) is 11.3 Å². The molecule has 3 N–H and O–H groups in total. The number of nitrogens with two attached hydrogens (primary N) is 1. The monoisotopic (exact) mass is 267 g/mol. The van der Waals surface area contributed by atoms with Gasteiger partial charge in [0.2, 0.25) is 5.91 Å². The van der Waals surface area contributed by atoms with Crippen LogP contribution in [0, 0.1) is 5.92 Å². The molecule has 1 aliphatic carbocycles. The molecular weight excluding hydrogens is 250 g/mol. The van der Waals surface area contributed by atoms with Gasteiger partial charge in [-0.3, -0.25) is 4.79 Å². The lowest BCUT2D eigenvalue weighted by Gasteiger charge is -2.24. The molecule has 0 bridgehead atoms. The highest BCUT2D eigenvalue weighted by Gasteiger charge is 2.35. The number of carbonyl (C=O) groups excluding carboxylic acids is 1. The molecule has 1 saturated carbocycles. The molecule has 2 rings (SSSR count). The van der Waals surface area contributed by atoms with E-state index < -0.39 is 5.92 Å². The molecular formula is C12H17N3O2S. The number of oxime groups is 1. The zero-order chi connectivity index (χ0) is 13.1. The van der Waals surface area contributed by atoms with Crippen molar-refractivity contribution in [2.75, 3.05) is 0 Å². The minimum Gasteiger partial charge on any atom is -0.409 e. The maximum absolute atomic E-state index is 12.3. The highest BCUT2D eigenvalue weighted by atomic mass is 32.1. The molecule has 1 aliphatic rings. The van der Waals surface area contributed by atoms with E-state index in [2.05, 4.69) is 5.16 Å². The van der Waals surface area contributed by atoms with Crippen molar-refractivity contribution in [3.05, 3.63) is 22.4 Å². The van der Waals surface area contributed by atoms with E-state index in [4.69, 9.17) is 10.9 Å². The SMILES string of the molecule is CC(C(=O)N(Cc1cccs1)C1CC1)C(N)=NO. The molecule has 0 aromatic carbocycles. The molecule has 1 atom stereocenters. The number of amidine groups is 1. The molecule has 0 radical (unpaired) electrons. The second kappa shape index (κ2) is 5.39. The van der Waals surface area contributed by atoms with E-state index in [1.807, 2.05) is 22.4 Å². The molecule has 18 heavy (non-hydrogen) atoms. The Morgan fingerprint density at radius 3 is 2.94 bits per heavy atom. The Morgan fingerprint density at radius 1 is 1.72 bits per heavy atom. The Hall–Kier alpha value is -1.56. The van der Waals surface area contributed by atoms with Crippen molar-refractivity contribution in [3.63, 3.8) is 0 Å². The molecule has 0 saturated heterocycles. The number of hydrogen-bond acceptors (Lipinski definition) is 4. The van der Waals surface area contributed by atoms with Crippen molar-refractivity contribution in [2.45, 2.75) is 32.4 Å². The van der Waals surface area contributed by atoms with Gasteiger partial charge in [-0.2, -0.15) is 0 Å². The summed E-state index contributed by atoms with van der Waals surface area (Å²) in [6, 6.07) is 4.30. The Balaban J connectivity index is 2.08. The zero-order valence-electron chi connectivity index (χ0n) is 10.2. The first-order valence-corrected chi connectivity index (χ1v) is 6.81. The molecule has 1 aromatic heterocycles. The van der Waals surface area contributed by atoms with Gasteiger partial charge in [-0.05, 0) is 31.2 Å². The first-order valence-electron chi connectivity index (χ1n) is 5.93. The third-order valence-electron chi connectivity index (χ3n) is 3.11. The van der Waals surface area contributed by atoms with Gasteiger partial charge >= 0.3 is 0 Å². The van der Waals surface area contributed by atoms with Crippen LogP contribution in [0.25, 0.3) is 0 Å². The van der Waals surface area contributed by atoms with Crippen LogP contribution in [0.15, 0.2) is 22.7 Å². The number of rotatable bonds is 5. The average Bonchev–Trinajstić information content (AvgIpc) is 3.10. The summed E-state index contributed by atoms with van der Waals surface area (Å²) in [5.74, 6) is -0.673. The Kier molecular flexibility index (Phi) is 3.86. The standard InChI is InChI=1S/C12H17N3O2S/c1-8(11(13)14-17)12(16)15(9-4-5-9)7-10-3-2-6-18-10/h2-3,6,8-9,17H,4-5,7H2,1H3,(H2,13,14). The molecule has 1 unspecified atom stereocenters. The van der Waals surface area contributed by atoms with E-state index in [0.29, 0.717) is 12.6 Å². The number of nitrogens with zero attached hydrogens (tertiary/aromatic N) is 2. The van der Waals surface area contributed by atoms with E-state index in [0.717, 1.165) is 17.7 Å². The van der Waals surface area contributed by atoms with Gasteiger partial charge in [0, 0.05) is 10.9 Å². The Bertz CT molecular complexity index is 440. The molecule has 1 heterocycles. The minimum absolute atomic E-state index is 0.0307. The van der Waals surface area contributed by atoms with Crippen LogP contribution in [0.4, 0.5) is 0 Å². The van der Waals surface area contributed by atoms with Gasteiger partial charge < -0.3 is 15.8 Å². The Morgan fingerprint density at radius 2 is 2.44 bits per heavy atom. The van der Waals surface area contributed by atoms with Gasteiger partial charge in [0.25, 0.3) is 0 Å². The van der Waals surface area contributed by atoms with E-state index in [1.165, 1.54) is 0 Å². The third-order valence-corrected chi connectivity index (χ3v) is 3.97. The number of thiophene rings is 1. The lowest BCUT2D eigenvalue weighted by atomic mass is 10.1. The second-order valence-corrected chi connectivity index (χ2v) is 5.56. The molecule has 5 nitrogen and oxygen atoms in total. The van der Waals surface area contributed by atoms with Crippen LogP contribution in [0.2, 0.25) is 0 Å². The van der Waals surface area contributed by atoms with E-state index in [9.17, 15) is 4.79 Å². The van der Waals surface area contributed by atoms with Crippen LogP contribution in [0.3, 0.4) is 0 Å². The van der Waals surface area contributed by atoms with E-state index in [-0.39, 0.29) is 11.7 Å². The summed E-state index contributed by atoms with van der Waals surface area (Å²) in [7, 11) is 0. The lowest BCUT2D eigenvalue weighted by Crippen LogP contribution is -2.41. The fraction of sp³-hybridized carbons (Fsp3) is 0.500. The lowest BCUT2D eigenvalue weighted by molar-refractivity contribution is -0.134. The van der Waals surface area contributed by atoms with Gasteiger partial charge in [-0.25, -0.2) is 0 Å². The summed E-state index contributed by atoms with van der Waals surface area (Å²) in [6.45, 7) is 2.28. The van der Waals surface area contributed by atoms with Crippen molar-refractivity contribution >= 4 is 23.1 Å². The largest absolute Gasteiger partial charge is 0.409 e. The van der Waals surface area contributed by atoms with E-state index >= 15 is 0 Å². The molecule has 0 spiro atoms. The maximum Gasteiger partial charge on any atom is 0.233 e. The molecule has 1 fully saturated rings. The predicted octanol–water partition coefficient (Wildman–Crippen LogP) is 1.62. The van der Waals surface area contributed by atoms with Crippen molar-refractivity contribution in [1.29, 1.82) is 0 Å². The first-order chi connectivity index (χ1) is 8.63. The smallest absolute Gasteiger partial charge is 0.233 e. The fourth-order valence-corrected chi connectivity index (χ4v) is 2.51. The van der Waals surface area contributed by atoms with Crippen LogP contribution in [0.1, 0.15) is 24.6 Å². The fourth-order valence-electron chi connectivity index (χ4n) is 1.81. The van der Waals surface area contributed by atoms with Crippen LogP contribution < -0.4 is 5.73 Å². The Labute approximate surface area is 110 Å².